The minimum absolute atomic E-state index is 0.134. The van der Waals surface area contributed by atoms with Crippen LogP contribution in [0.2, 0.25) is 0 Å². The molecule has 1 aromatic rings. The second-order valence-electron chi connectivity index (χ2n) is 5.67. The van der Waals surface area contributed by atoms with Gasteiger partial charge in [-0.3, -0.25) is 4.79 Å². The zero-order valence-corrected chi connectivity index (χ0v) is 12.6. The van der Waals surface area contributed by atoms with E-state index in [9.17, 15) is 4.79 Å². The highest BCUT2D eigenvalue weighted by molar-refractivity contribution is 5.75. The van der Waals surface area contributed by atoms with Gasteiger partial charge in [0.15, 0.2) is 0 Å². The minimum atomic E-state index is -0.204. The summed E-state index contributed by atoms with van der Waals surface area (Å²) >= 11 is 0. The maximum absolute atomic E-state index is 12.0. The van der Waals surface area contributed by atoms with Gasteiger partial charge in [-0.05, 0) is 26.2 Å². The van der Waals surface area contributed by atoms with Crippen molar-refractivity contribution >= 4 is 5.97 Å². The summed E-state index contributed by atoms with van der Waals surface area (Å²) in [5.41, 5.74) is 0. The first-order chi connectivity index (χ1) is 9.61. The van der Waals surface area contributed by atoms with Crippen LogP contribution in [0, 0.1) is 0 Å². The molecule has 1 unspecified atom stereocenters. The molecule has 112 valence electrons. The number of esters is 1. The highest BCUT2D eigenvalue weighted by Crippen LogP contribution is 2.21. The molecule has 0 aliphatic heterocycles. The van der Waals surface area contributed by atoms with Crippen LogP contribution in [0.15, 0.2) is 12.4 Å². The number of rotatable bonds is 8. The Kier molecular flexibility index (Phi) is 5.17. The fourth-order valence-electron chi connectivity index (χ4n) is 2.33. The smallest absolute Gasteiger partial charge is 0.323 e. The first-order valence-electron chi connectivity index (χ1n) is 7.55. The van der Waals surface area contributed by atoms with E-state index in [1.807, 2.05) is 19.3 Å². The monoisotopic (exact) mass is 279 g/mol. The van der Waals surface area contributed by atoms with Gasteiger partial charge in [0.1, 0.15) is 11.9 Å². The molecule has 2 rings (SSSR count). The number of ether oxygens (including phenoxy) is 1. The highest BCUT2D eigenvalue weighted by Gasteiger charge is 2.29. The maximum Gasteiger partial charge on any atom is 0.323 e. The van der Waals surface area contributed by atoms with Crippen molar-refractivity contribution in [2.45, 2.75) is 64.6 Å². The van der Waals surface area contributed by atoms with Crippen LogP contribution in [0.25, 0.3) is 0 Å². The number of aromatic nitrogens is 2. The lowest BCUT2D eigenvalue weighted by molar-refractivity contribution is -0.146. The molecule has 0 aromatic carbocycles. The number of aryl methyl sites for hydroxylation is 1. The number of hydrogen-bond donors (Lipinski definition) is 1. The molecule has 0 radical (unpaired) electrons. The first-order valence-corrected chi connectivity index (χ1v) is 7.55. The summed E-state index contributed by atoms with van der Waals surface area (Å²) in [5, 5.41) is 3.38. The molecule has 1 fully saturated rings. The van der Waals surface area contributed by atoms with Crippen LogP contribution in [0.3, 0.4) is 0 Å². The summed E-state index contributed by atoms with van der Waals surface area (Å²) in [6, 6.07) is 0.293. The Balaban J connectivity index is 1.93. The molecule has 1 heterocycles. The number of hydrogen-bond acceptors (Lipinski definition) is 4. The van der Waals surface area contributed by atoms with Crippen molar-refractivity contribution < 1.29 is 9.53 Å². The summed E-state index contributed by atoms with van der Waals surface area (Å²) in [6.07, 6.45) is 6.87. The molecule has 5 heteroatoms. The zero-order chi connectivity index (χ0) is 14.5. The third-order valence-corrected chi connectivity index (χ3v) is 3.51. The lowest BCUT2D eigenvalue weighted by atomic mass is 10.1. The molecule has 1 aliphatic carbocycles. The quantitative estimate of drug-likeness (QED) is 0.740. The first kappa shape index (κ1) is 15.0. The molecule has 1 aromatic heterocycles. The topological polar surface area (TPSA) is 56.2 Å². The van der Waals surface area contributed by atoms with Crippen molar-refractivity contribution in [3.63, 3.8) is 0 Å². The Morgan fingerprint density at radius 3 is 2.90 bits per heavy atom. The Labute approximate surface area is 120 Å². The minimum Gasteiger partial charge on any atom is -0.465 e. The van der Waals surface area contributed by atoms with Crippen LogP contribution in [-0.4, -0.2) is 34.2 Å². The van der Waals surface area contributed by atoms with Crippen molar-refractivity contribution in [2.24, 2.45) is 0 Å². The standard InChI is InChI=1S/C15H25N3O2/c1-4-20-15(19)13(17-12-5-6-12)7-9-18-10-8-16-14(18)11(2)3/h8,10-13,17H,4-7,9H2,1-3H3. The van der Waals surface area contributed by atoms with Gasteiger partial charge in [0, 0.05) is 30.9 Å². The average Bonchev–Trinajstić information content (AvgIpc) is 3.09. The molecule has 0 spiro atoms. The summed E-state index contributed by atoms with van der Waals surface area (Å²) in [6.45, 7) is 7.33. The summed E-state index contributed by atoms with van der Waals surface area (Å²) in [4.78, 5) is 16.3. The lowest BCUT2D eigenvalue weighted by Gasteiger charge is -2.18. The second-order valence-corrected chi connectivity index (χ2v) is 5.67. The van der Waals surface area contributed by atoms with E-state index >= 15 is 0 Å². The van der Waals surface area contributed by atoms with E-state index in [4.69, 9.17) is 4.74 Å². The molecule has 0 amide bonds. The zero-order valence-electron chi connectivity index (χ0n) is 12.6. The molecule has 0 bridgehead atoms. The van der Waals surface area contributed by atoms with E-state index in [0.29, 0.717) is 18.6 Å². The van der Waals surface area contributed by atoms with Crippen LogP contribution in [0.1, 0.15) is 51.8 Å². The molecule has 20 heavy (non-hydrogen) atoms. The van der Waals surface area contributed by atoms with Crippen LogP contribution in [0.4, 0.5) is 0 Å². The molecule has 1 aliphatic rings. The van der Waals surface area contributed by atoms with E-state index in [2.05, 4.69) is 28.7 Å². The van der Waals surface area contributed by atoms with Crippen LogP contribution < -0.4 is 5.32 Å². The summed E-state index contributed by atoms with van der Waals surface area (Å²) in [5.74, 6) is 1.33. The third kappa shape index (κ3) is 4.07. The number of carbonyl (C=O) groups excluding carboxylic acids is 1. The van der Waals surface area contributed by atoms with Gasteiger partial charge in [-0.25, -0.2) is 4.98 Å². The third-order valence-electron chi connectivity index (χ3n) is 3.51. The predicted molar refractivity (Wildman–Crippen MR) is 77.5 cm³/mol. The predicted octanol–water partition coefficient (Wildman–Crippen LogP) is 2.08. The average molecular weight is 279 g/mol. The molecule has 1 saturated carbocycles. The highest BCUT2D eigenvalue weighted by atomic mass is 16.5. The summed E-state index contributed by atoms with van der Waals surface area (Å²) < 4.78 is 7.28. The van der Waals surface area contributed by atoms with E-state index in [-0.39, 0.29) is 12.0 Å². The van der Waals surface area contributed by atoms with Gasteiger partial charge in [-0.2, -0.15) is 0 Å². The Bertz CT molecular complexity index is 438. The van der Waals surface area contributed by atoms with Gasteiger partial charge in [-0.1, -0.05) is 13.8 Å². The maximum atomic E-state index is 12.0. The Morgan fingerprint density at radius 2 is 2.30 bits per heavy atom. The van der Waals surface area contributed by atoms with Gasteiger partial charge in [0.05, 0.1) is 6.61 Å². The number of carbonyl (C=O) groups is 1. The fourth-order valence-corrected chi connectivity index (χ4v) is 2.33. The number of imidazole rings is 1. The molecular formula is C15H25N3O2. The molecule has 1 N–H and O–H groups in total. The molecule has 0 saturated heterocycles. The Hall–Kier alpha value is -1.36. The van der Waals surface area contributed by atoms with Gasteiger partial charge in [0.25, 0.3) is 0 Å². The molecular weight excluding hydrogens is 254 g/mol. The fraction of sp³-hybridized carbons (Fsp3) is 0.733. The van der Waals surface area contributed by atoms with Crippen molar-refractivity contribution in [1.82, 2.24) is 14.9 Å². The van der Waals surface area contributed by atoms with Crippen LogP contribution in [-0.2, 0) is 16.1 Å². The van der Waals surface area contributed by atoms with Crippen LogP contribution >= 0.6 is 0 Å². The number of nitrogens with zero attached hydrogens (tertiary/aromatic N) is 2. The van der Waals surface area contributed by atoms with E-state index in [1.165, 1.54) is 0 Å². The summed E-state index contributed by atoms with van der Waals surface area (Å²) in [7, 11) is 0. The van der Waals surface area contributed by atoms with Crippen molar-refractivity contribution in [1.29, 1.82) is 0 Å². The van der Waals surface area contributed by atoms with E-state index < -0.39 is 0 Å². The SMILES string of the molecule is CCOC(=O)C(CCn1ccnc1C(C)C)NC1CC1. The molecule has 5 nitrogen and oxygen atoms in total. The van der Waals surface area contributed by atoms with Crippen molar-refractivity contribution in [3.05, 3.63) is 18.2 Å². The molecule has 1 atom stereocenters. The van der Waals surface area contributed by atoms with Gasteiger partial charge < -0.3 is 14.6 Å². The van der Waals surface area contributed by atoms with E-state index in [1.54, 1.807) is 0 Å². The Morgan fingerprint density at radius 1 is 1.55 bits per heavy atom. The van der Waals surface area contributed by atoms with Gasteiger partial charge in [-0.15, -0.1) is 0 Å². The normalized spacial score (nSPS) is 16.4. The second kappa shape index (κ2) is 6.88. The number of nitrogens with one attached hydrogen (secondary N) is 1. The van der Waals surface area contributed by atoms with Crippen molar-refractivity contribution in [3.8, 4) is 0 Å². The van der Waals surface area contributed by atoms with Crippen molar-refractivity contribution in [2.75, 3.05) is 6.61 Å². The van der Waals surface area contributed by atoms with Gasteiger partial charge in [0.2, 0.25) is 0 Å². The largest absolute Gasteiger partial charge is 0.465 e. The van der Waals surface area contributed by atoms with E-state index in [0.717, 1.165) is 31.6 Å². The lowest BCUT2D eigenvalue weighted by Crippen LogP contribution is -2.40. The van der Waals surface area contributed by atoms with Gasteiger partial charge >= 0.3 is 5.97 Å². The van der Waals surface area contributed by atoms with Crippen LogP contribution in [0.5, 0.6) is 0 Å².